The number of aliphatic carboxylic acids is 1. The number of methoxy groups -OCH3 is 1. The molecule has 3 rings (SSSR count). The molecule has 0 aromatic heterocycles. The molecule has 1 amide bonds. The summed E-state index contributed by atoms with van der Waals surface area (Å²) in [4.78, 5) is 24.6. The number of rotatable bonds is 8. The van der Waals surface area contributed by atoms with Crippen LogP contribution in [-0.4, -0.2) is 55.9 Å². The van der Waals surface area contributed by atoms with Crippen molar-refractivity contribution in [2.45, 2.75) is 30.2 Å². The number of carboxylic acid groups (broad SMARTS) is 1. The lowest BCUT2D eigenvalue weighted by Crippen LogP contribution is -2.50. The van der Waals surface area contributed by atoms with E-state index in [2.05, 4.69) is 5.32 Å². The average molecular weight is 447 g/mol. The van der Waals surface area contributed by atoms with Crippen LogP contribution in [0.15, 0.2) is 59.5 Å². The summed E-state index contributed by atoms with van der Waals surface area (Å²) in [5.41, 5.74) is 0.794. The van der Waals surface area contributed by atoms with E-state index in [1.54, 1.807) is 36.4 Å². The average Bonchev–Trinajstić information content (AvgIpc) is 2.79. The lowest BCUT2D eigenvalue weighted by Gasteiger charge is -2.31. The van der Waals surface area contributed by atoms with Gasteiger partial charge in [0, 0.05) is 19.5 Å². The van der Waals surface area contributed by atoms with Crippen molar-refractivity contribution in [3.63, 3.8) is 0 Å². The fraction of sp³-hybridized carbons (Fsp3) is 0.364. The molecule has 0 bridgehead atoms. The van der Waals surface area contributed by atoms with Gasteiger partial charge in [0.25, 0.3) is 0 Å². The number of hydrogen-bond donors (Lipinski definition) is 2. The number of carbonyl (C=O) groups excluding carboxylic acids is 1. The molecule has 0 unspecified atom stereocenters. The highest BCUT2D eigenvalue weighted by molar-refractivity contribution is 7.89. The van der Waals surface area contributed by atoms with Crippen molar-refractivity contribution in [2.24, 2.45) is 5.92 Å². The first-order valence-electron chi connectivity index (χ1n) is 10.0. The van der Waals surface area contributed by atoms with Crippen molar-refractivity contribution in [2.75, 3.05) is 20.2 Å². The van der Waals surface area contributed by atoms with Gasteiger partial charge >= 0.3 is 5.97 Å². The van der Waals surface area contributed by atoms with Gasteiger partial charge in [0.15, 0.2) is 0 Å². The number of nitrogens with zero attached hydrogens (tertiary/aromatic N) is 1. The van der Waals surface area contributed by atoms with E-state index < -0.39 is 33.9 Å². The van der Waals surface area contributed by atoms with Crippen LogP contribution in [0.3, 0.4) is 0 Å². The minimum atomic E-state index is -3.77. The lowest BCUT2D eigenvalue weighted by molar-refractivity contribution is -0.142. The Morgan fingerprint density at radius 1 is 1.16 bits per heavy atom. The number of benzene rings is 2. The topological polar surface area (TPSA) is 113 Å². The van der Waals surface area contributed by atoms with E-state index in [0.29, 0.717) is 25.1 Å². The normalized spacial score (nSPS) is 18.2. The summed E-state index contributed by atoms with van der Waals surface area (Å²) in [5, 5.41) is 12.1. The highest BCUT2D eigenvalue weighted by Crippen LogP contribution is 2.25. The zero-order chi connectivity index (χ0) is 22.4. The Morgan fingerprint density at radius 2 is 1.84 bits per heavy atom. The molecule has 2 N–H and O–H groups in total. The number of piperidine rings is 1. The fourth-order valence-electron chi connectivity index (χ4n) is 3.61. The quantitative estimate of drug-likeness (QED) is 0.641. The fourth-order valence-corrected chi connectivity index (χ4v) is 5.13. The zero-order valence-electron chi connectivity index (χ0n) is 17.2. The van der Waals surface area contributed by atoms with Gasteiger partial charge in [-0.1, -0.05) is 30.3 Å². The third-order valence-electron chi connectivity index (χ3n) is 5.35. The van der Waals surface area contributed by atoms with Gasteiger partial charge in [-0.3, -0.25) is 4.79 Å². The highest BCUT2D eigenvalue weighted by atomic mass is 32.2. The molecule has 0 spiro atoms. The van der Waals surface area contributed by atoms with Gasteiger partial charge in [-0.05, 0) is 42.7 Å². The summed E-state index contributed by atoms with van der Waals surface area (Å²) in [6.45, 7) is 0.322. The Hall–Kier alpha value is -2.91. The molecule has 1 saturated heterocycles. The van der Waals surface area contributed by atoms with Gasteiger partial charge < -0.3 is 15.2 Å². The Bertz CT molecular complexity index is 1010. The molecular weight excluding hydrogens is 420 g/mol. The third-order valence-corrected chi connectivity index (χ3v) is 7.23. The number of ether oxygens (including phenoxy) is 1. The summed E-state index contributed by atoms with van der Waals surface area (Å²) in [6, 6.07) is 14.0. The van der Waals surface area contributed by atoms with Crippen LogP contribution in [0.5, 0.6) is 5.75 Å². The number of amides is 1. The zero-order valence-corrected chi connectivity index (χ0v) is 18.0. The third kappa shape index (κ3) is 5.62. The lowest BCUT2D eigenvalue weighted by atomic mass is 9.97. The van der Waals surface area contributed by atoms with Gasteiger partial charge in [-0.2, -0.15) is 4.31 Å². The first-order chi connectivity index (χ1) is 14.8. The number of carbonyl (C=O) groups is 2. The summed E-state index contributed by atoms with van der Waals surface area (Å²) < 4.78 is 32.3. The van der Waals surface area contributed by atoms with Crippen molar-refractivity contribution in [1.82, 2.24) is 9.62 Å². The molecule has 2 atom stereocenters. The second kappa shape index (κ2) is 9.93. The molecular formula is C22H26N2O6S. The molecule has 0 saturated carbocycles. The largest absolute Gasteiger partial charge is 0.497 e. The maximum absolute atomic E-state index is 13.0. The molecule has 1 aliphatic heterocycles. The van der Waals surface area contributed by atoms with Crippen molar-refractivity contribution >= 4 is 21.9 Å². The van der Waals surface area contributed by atoms with Crippen LogP contribution < -0.4 is 10.1 Å². The summed E-state index contributed by atoms with van der Waals surface area (Å²) in [7, 11) is -2.27. The van der Waals surface area contributed by atoms with Crippen LogP contribution in [0.25, 0.3) is 0 Å². The molecule has 1 heterocycles. The first kappa shape index (κ1) is 22.8. The highest BCUT2D eigenvalue weighted by Gasteiger charge is 2.34. The molecule has 31 heavy (non-hydrogen) atoms. The van der Waals surface area contributed by atoms with E-state index in [1.807, 2.05) is 6.07 Å². The van der Waals surface area contributed by atoms with Crippen LogP contribution in [0.1, 0.15) is 18.4 Å². The molecule has 0 radical (unpaired) electrons. The van der Waals surface area contributed by atoms with E-state index in [1.165, 1.54) is 23.5 Å². The predicted octanol–water partition coefficient (Wildman–Crippen LogP) is 1.91. The van der Waals surface area contributed by atoms with E-state index in [9.17, 15) is 23.1 Å². The maximum Gasteiger partial charge on any atom is 0.326 e. The minimum Gasteiger partial charge on any atom is -0.497 e. The van der Waals surface area contributed by atoms with Crippen molar-refractivity contribution < 1.29 is 27.9 Å². The first-order valence-corrected chi connectivity index (χ1v) is 11.5. The van der Waals surface area contributed by atoms with Gasteiger partial charge in [-0.15, -0.1) is 0 Å². The molecule has 8 nitrogen and oxygen atoms in total. The molecule has 0 aliphatic carbocycles. The van der Waals surface area contributed by atoms with Crippen LogP contribution in [0.4, 0.5) is 0 Å². The van der Waals surface area contributed by atoms with Gasteiger partial charge in [0.2, 0.25) is 15.9 Å². The smallest absolute Gasteiger partial charge is 0.326 e. The Labute approximate surface area is 181 Å². The standard InChI is InChI=1S/C22H26N2O6S/c1-30-18-9-11-19(12-10-18)31(28,29)24-13-5-8-17(15-24)21(25)23-20(22(26)27)14-16-6-3-2-4-7-16/h2-4,6-7,9-12,17,20H,5,8,13-15H2,1H3,(H,23,25)(H,26,27)/t17-,20-/m0/s1. The van der Waals surface area contributed by atoms with Crippen molar-refractivity contribution in [3.8, 4) is 5.75 Å². The number of hydrogen-bond acceptors (Lipinski definition) is 5. The molecule has 1 fully saturated rings. The Morgan fingerprint density at radius 3 is 2.45 bits per heavy atom. The minimum absolute atomic E-state index is 0.0118. The SMILES string of the molecule is COc1ccc(S(=O)(=O)N2CCC[C@H](C(=O)N[C@@H](Cc3ccccc3)C(=O)O)C2)cc1. The van der Waals surface area contributed by atoms with Gasteiger partial charge in [0.1, 0.15) is 11.8 Å². The van der Waals surface area contributed by atoms with Crippen LogP contribution in [0.2, 0.25) is 0 Å². The van der Waals surface area contributed by atoms with E-state index >= 15 is 0 Å². The second-order valence-corrected chi connectivity index (χ2v) is 9.40. The molecule has 166 valence electrons. The Balaban J connectivity index is 1.68. The van der Waals surface area contributed by atoms with Crippen LogP contribution >= 0.6 is 0 Å². The molecule has 9 heteroatoms. The summed E-state index contributed by atoms with van der Waals surface area (Å²) in [6.07, 6.45) is 1.17. The van der Waals surface area contributed by atoms with Crippen LogP contribution in [-0.2, 0) is 26.0 Å². The monoisotopic (exact) mass is 446 g/mol. The predicted molar refractivity (Wildman–Crippen MR) is 114 cm³/mol. The van der Waals surface area contributed by atoms with E-state index in [-0.39, 0.29) is 17.9 Å². The van der Waals surface area contributed by atoms with Gasteiger partial charge in [-0.25, -0.2) is 13.2 Å². The van der Waals surface area contributed by atoms with E-state index in [4.69, 9.17) is 4.74 Å². The van der Waals surface area contributed by atoms with Crippen molar-refractivity contribution in [3.05, 3.63) is 60.2 Å². The summed E-state index contributed by atoms with van der Waals surface area (Å²) >= 11 is 0. The second-order valence-electron chi connectivity index (χ2n) is 7.47. The Kier molecular flexibility index (Phi) is 7.29. The number of nitrogens with one attached hydrogen (secondary N) is 1. The maximum atomic E-state index is 13.0. The van der Waals surface area contributed by atoms with Gasteiger partial charge in [0.05, 0.1) is 17.9 Å². The molecule has 2 aromatic rings. The molecule has 1 aliphatic rings. The van der Waals surface area contributed by atoms with Crippen LogP contribution in [0, 0.1) is 5.92 Å². The van der Waals surface area contributed by atoms with E-state index in [0.717, 1.165) is 5.56 Å². The molecule has 2 aromatic carbocycles. The number of carboxylic acids is 1. The van der Waals surface area contributed by atoms with Crippen molar-refractivity contribution in [1.29, 1.82) is 0 Å². The summed E-state index contributed by atoms with van der Waals surface area (Å²) in [5.74, 6) is -1.64. The number of sulfonamides is 1.